The van der Waals surface area contributed by atoms with Gasteiger partial charge in [-0.05, 0) is 95.3 Å². The highest BCUT2D eigenvalue weighted by Gasteiger charge is 2.14. The van der Waals surface area contributed by atoms with E-state index in [1.807, 2.05) is 70.2 Å². The lowest BCUT2D eigenvalue weighted by Crippen LogP contribution is -2.02. The Morgan fingerprint density at radius 3 is 1.56 bits per heavy atom. The fourth-order valence-electron chi connectivity index (χ4n) is 3.87. The zero-order valence-corrected chi connectivity index (χ0v) is 21.4. The maximum absolute atomic E-state index is 11.6. The molecule has 8 heteroatoms. The van der Waals surface area contributed by atoms with E-state index in [0.29, 0.717) is 5.56 Å². The molecule has 4 rings (SSSR count). The summed E-state index contributed by atoms with van der Waals surface area (Å²) in [6.07, 6.45) is 0. The Labute approximate surface area is 201 Å². The quantitative estimate of drug-likeness (QED) is 0.288. The summed E-state index contributed by atoms with van der Waals surface area (Å²) in [6.45, 7) is 7.97. The zero-order chi connectivity index (χ0) is 25.3. The van der Waals surface area contributed by atoms with Gasteiger partial charge in [-0.25, -0.2) is 0 Å². The SMILES string of the molecule is COS(=O)(=O)c1ccc2c(C)ccc(C)c2c1.Cc1ccc(C)c2cc(CS(=O)(=O)O)ccc12. The van der Waals surface area contributed by atoms with Gasteiger partial charge in [-0.3, -0.25) is 8.74 Å². The van der Waals surface area contributed by atoms with E-state index in [1.165, 1.54) is 7.11 Å². The first-order valence-electron chi connectivity index (χ1n) is 10.6. The molecule has 1 N–H and O–H groups in total. The lowest BCUT2D eigenvalue weighted by molar-refractivity contribution is 0.398. The van der Waals surface area contributed by atoms with Gasteiger partial charge in [0.15, 0.2) is 0 Å². The average molecular weight is 501 g/mol. The molecule has 0 aliphatic heterocycles. The van der Waals surface area contributed by atoms with Gasteiger partial charge >= 0.3 is 0 Å². The van der Waals surface area contributed by atoms with Crippen LogP contribution in [0.15, 0.2) is 65.6 Å². The molecule has 0 spiro atoms. The minimum absolute atomic E-state index is 0.196. The van der Waals surface area contributed by atoms with Crippen molar-refractivity contribution in [1.82, 2.24) is 0 Å². The predicted molar refractivity (Wildman–Crippen MR) is 136 cm³/mol. The molecular formula is C26H28O6S2. The van der Waals surface area contributed by atoms with Gasteiger partial charge in [-0.15, -0.1) is 0 Å². The molecule has 4 aromatic rings. The fourth-order valence-corrected chi connectivity index (χ4v) is 5.16. The highest BCUT2D eigenvalue weighted by Crippen LogP contribution is 2.26. The molecule has 0 bridgehead atoms. The van der Waals surface area contributed by atoms with Crippen molar-refractivity contribution in [2.45, 2.75) is 38.3 Å². The van der Waals surface area contributed by atoms with Crippen LogP contribution in [0.1, 0.15) is 27.8 Å². The van der Waals surface area contributed by atoms with E-state index >= 15 is 0 Å². The molecule has 0 aliphatic rings. The minimum Gasteiger partial charge on any atom is -0.285 e. The van der Waals surface area contributed by atoms with Gasteiger partial charge in [0.2, 0.25) is 0 Å². The Kier molecular flexibility index (Phi) is 7.47. The summed E-state index contributed by atoms with van der Waals surface area (Å²) >= 11 is 0. The molecule has 6 nitrogen and oxygen atoms in total. The highest BCUT2D eigenvalue weighted by atomic mass is 32.2. The third-order valence-electron chi connectivity index (χ3n) is 5.80. The summed E-state index contributed by atoms with van der Waals surface area (Å²) in [5.74, 6) is -0.337. The van der Waals surface area contributed by atoms with Crippen LogP contribution >= 0.6 is 0 Å². The monoisotopic (exact) mass is 500 g/mol. The summed E-state index contributed by atoms with van der Waals surface area (Å²) in [5.41, 5.74) is 5.05. The van der Waals surface area contributed by atoms with Crippen molar-refractivity contribution < 1.29 is 25.6 Å². The number of benzene rings is 4. The van der Waals surface area contributed by atoms with Gasteiger partial charge in [-0.2, -0.15) is 16.8 Å². The van der Waals surface area contributed by atoms with E-state index < -0.39 is 20.2 Å². The second-order valence-electron chi connectivity index (χ2n) is 8.33. The molecule has 0 fully saturated rings. The van der Waals surface area contributed by atoms with Crippen LogP contribution in [0.3, 0.4) is 0 Å². The lowest BCUT2D eigenvalue weighted by Gasteiger charge is -2.08. The van der Waals surface area contributed by atoms with Crippen LogP contribution in [0.5, 0.6) is 0 Å². The first-order valence-corrected chi connectivity index (χ1v) is 13.6. The largest absolute Gasteiger partial charge is 0.296 e. The van der Waals surface area contributed by atoms with E-state index in [0.717, 1.165) is 43.8 Å². The normalized spacial score (nSPS) is 11.9. The second-order valence-corrected chi connectivity index (χ2v) is 11.5. The maximum Gasteiger partial charge on any atom is 0.296 e. The maximum atomic E-state index is 11.6. The molecular weight excluding hydrogens is 472 g/mol. The molecule has 0 unspecified atom stereocenters. The average Bonchev–Trinajstić information content (AvgIpc) is 2.78. The Morgan fingerprint density at radius 1 is 0.647 bits per heavy atom. The van der Waals surface area contributed by atoms with Gasteiger partial charge in [0.05, 0.1) is 12.0 Å². The summed E-state index contributed by atoms with van der Waals surface area (Å²) in [7, 11) is -6.42. The molecule has 0 aliphatic carbocycles. The standard InChI is InChI=1S/2C13H14O3S/c1-9-4-5-10(2)13-8-11(6-7-12(9)13)17(14,15)16-3;1-9-3-4-10(2)13-7-11(5-6-12(9)13)8-17(14,15)16/h4-8H,1-3H3;3-7H,8H2,1-2H3,(H,14,15,16). The van der Waals surface area contributed by atoms with Crippen molar-refractivity contribution in [3.05, 3.63) is 88.5 Å². The summed E-state index contributed by atoms with van der Waals surface area (Å²) < 4.78 is 58.3. The van der Waals surface area contributed by atoms with Crippen molar-refractivity contribution in [3.63, 3.8) is 0 Å². The number of hydrogen-bond donors (Lipinski definition) is 1. The molecule has 34 heavy (non-hydrogen) atoms. The van der Waals surface area contributed by atoms with Crippen LogP contribution in [0, 0.1) is 27.7 Å². The minimum atomic E-state index is -3.97. The van der Waals surface area contributed by atoms with E-state index in [1.54, 1.807) is 18.2 Å². The Bertz CT molecular complexity index is 1590. The second kappa shape index (κ2) is 9.84. The number of hydrogen-bond acceptors (Lipinski definition) is 5. The molecule has 0 heterocycles. The van der Waals surface area contributed by atoms with Gasteiger partial charge in [0.1, 0.15) is 5.75 Å². The van der Waals surface area contributed by atoms with Crippen molar-refractivity contribution in [1.29, 1.82) is 0 Å². The first-order chi connectivity index (χ1) is 15.8. The zero-order valence-electron chi connectivity index (χ0n) is 19.8. The number of rotatable bonds is 4. The topological polar surface area (TPSA) is 97.7 Å². The number of fused-ring (bicyclic) bond motifs is 2. The van der Waals surface area contributed by atoms with E-state index in [2.05, 4.69) is 4.18 Å². The molecule has 0 atom stereocenters. The third kappa shape index (κ3) is 5.82. The van der Waals surface area contributed by atoms with Crippen LogP contribution in [0.25, 0.3) is 21.5 Å². The van der Waals surface area contributed by atoms with Crippen LogP contribution in [-0.4, -0.2) is 28.5 Å². The summed E-state index contributed by atoms with van der Waals surface area (Å²) in [4.78, 5) is 0.196. The van der Waals surface area contributed by atoms with Gasteiger partial charge in [-0.1, -0.05) is 42.5 Å². The molecule has 0 saturated heterocycles. The molecule has 0 saturated carbocycles. The molecule has 4 aromatic carbocycles. The van der Waals surface area contributed by atoms with Gasteiger partial charge in [0.25, 0.3) is 20.2 Å². The smallest absolute Gasteiger partial charge is 0.285 e. The molecule has 0 aromatic heterocycles. The molecule has 0 radical (unpaired) electrons. The van der Waals surface area contributed by atoms with Crippen molar-refractivity contribution in [2.75, 3.05) is 7.11 Å². The Morgan fingerprint density at radius 2 is 1.09 bits per heavy atom. The van der Waals surface area contributed by atoms with E-state index in [4.69, 9.17) is 4.55 Å². The number of aryl methyl sites for hydroxylation is 4. The van der Waals surface area contributed by atoms with Crippen LogP contribution < -0.4 is 0 Å². The third-order valence-corrected chi connectivity index (χ3v) is 7.77. The van der Waals surface area contributed by atoms with Crippen molar-refractivity contribution >= 4 is 41.8 Å². The van der Waals surface area contributed by atoms with E-state index in [-0.39, 0.29) is 10.6 Å². The summed E-state index contributed by atoms with van der Waals surface area (Å²) in [5, 5.41) is 4.17. The van der Waals surface area contributed by atoms with Crippen molar-refractivity contribution in [2.24, 2.45) is 0 Å². The van der Waals surface area contributed by atoms with Crippen LogP contribution in [0.4, 0.5) is 0 Å². The van der Waals surface area contributed by atoms with Gasteiger partial charge in [0, 0.05) is 0 Å². The molecule has 180 valence electrons. The predicted octanol–water partition coefficient (Wildman–Crippen LogP) is 5.64. The lowest BCUT2D eigenvalue weighted by atomic mass is 9.99. The van der Waals surface area contributed by atoms with Crippen LogP contribution in [-0.2, 0) is 30.2 Å². The van der Waals surface area contributed by atoms with E-state index in [9.17, 15) is 16.8 Å². The molecule has 0 amide bonds. The Balaban J connectivity index is 0.000000191. The van der Waals surface area contributed by atoms with Gasteiger partial charge < -0.3 is 0 Å². The fraction of sp³-hybridized carbons (Fsp3) is 0.231. The Hall–Kier alpha value is -2.78. The summed E-state index contributed by atoms with van der Waals surface area (Å²) in [6, 6.07) is 18.6. The van der Waals surface area contributed by atoms with Crippen molar-refractivity contribution in [3.8, 4) is 0 Å². The highest BCUT2D eigenvalue weighted by molar-refractivity contribution is 7.86. The first kappa shape index (κ1) is 25.8. The van der Waals surface area contributed by atoms with Crippen LogP contribution in [0.2, 0.25) is 0 Å².